The van der Waals surface area contributed by atoms with E-state index in [2.05, 4.69) is 4.98 Å². The highest BCUT2D eigenvalue weighted by Crippen LogP contribution is 2.47. The van der Waals surface area contributed by atoms with E-state index in [0.29, 0.717) is 5.02 Å². The number of pyridine rings is 1. The Bertz CT molecular complexity index is 1030. The van der Waals surface area contributed by atoms with E-state index < -0.39 is 5.97 Å². The maximum atomic E-state index is 11.3. The maximum Gasteiger partial charge on any atom is 0.323 e. The van der Waals surface area contributed by atoms with Crippen LogP contribution in [0.4, 0.5) is 5.69 Å². The summed E-state index contributed by atoms with van der Waals surface area (Å²) in [6.07, 6.45) is 5.73. The van der Waals surface area contributed by atoms with Gasteiger partial charge in [-0.05, 0) is 36.4 Å². The number of halogens is 1. The van der Waals surface area contributed by atoms with E-state index >= 15 is 0 Å². The average Bonchev–Trinajstić information content (AvgIpc) is 3.10. The Morgan fingerprint density at radius 2 is 2.20 bits per heavy atom. The number of hydrogen-bond donors (Lipinski definition) is 1. The summed E-state index contributed by atoms with van der Waals surface area (Å²) in [5, 5.41) is 10.8. The molecule has 5 nitrogen and oxygen atoms in total. The number of anilines is 1. The quantitative estimate of drug-likeness (QED) is 0.746. The SMILES string of the molecule is Cn1ccc2nccc(C=C3Sc4ccc(Cl)cc4N3CC(=O)O)c21. The molecular formula is C18H14ClN3O2S. The number of thioether (sulfide) groups is 1. The van der Waals surface area contributed by atoms with Crippen LogP contribution in [0.1, 0.15) is 5.56 Å². The number of rotatable bonds is 3. The molecule has 1 aliphatic heterocycles. The minimum absolute atomic E-state index is 0.118. The summed E-state index contributed by atoms with van der Waals surface area (Å²) in [5.74, 6) is -0.891. The minimum atomic E-state index is -0.891. The molecule has 0 spiro atoms. The van der Waals surface area contributed by atoms with Crippen molar-refractivity contribution in [2.45, 2.75) is 4.90 Å². The number of aliphatic carboxylic acids is 1. The van der Waals surface area contributed by atoms with Crippen molar-refractivity contribution in [3.63, 3.8) is 0 Å². The summed E-state index contributed by atoms with van der Waals surface area (Å²) in [5.41, 5.74) is 3.74. The predicted octanol–water partition coefficient (Wildman–Crippen LogP) is 4.22. The van der Waals surface area contributed by atoms with Gasteiger partial charge in [0.15, 0.2) is 0 Å². The van der Waals surface area contributed by atoms with Gasteiger partial charge in [0.05, 0.1) is 21.7 Å². The molecule has 0 unspecified atom stereocenters. The highest BCUT2D eigenvalue weighted by molar-refractivity contribution is 8.03. The fourth-order valence-electron chi connectivity index (χ4n) is 2.98. The molecule has 7 heteroatoms. The van der Waals surface area contributed by atoms with Crippen LogP contribution in [0.15, 0.2) is 52.7 Å². The first-order valence-corrected chi connectivity index (χ1v) is 8.81. The van der Waals surface area contributed by atoms with Crippen LogP contribution in [0.5, 0.6) is 0 Å². The Morgan fingerprint density at radius 1 is 1.36 bits per heavy atom. The van der Waals surface area contributed by atoms with Crippen LogP contribution in [-0.2, 0) is 11.8 Å². The first-order valence-electron chi connectivity index (χ1n) is 7.61. The van der Waals surface area contributed by atoms with Gasteiger partial charge in [-0.1, -0.05) is 23.4 Å². The van der Waals surface area contributed by atoms with Crippen LogP contribution in [-0.4, -0.2) is 27.2 Å². The van der Waals surface area contributed by atoms with Gasteiger partial charge in [0.1, 0.15) is 6.54 Å². The van der Waals surface area contributed by atoms with E-state index in [1.165, 1.54) is 0 Å². The predicted molar refractivity (Wildman–Crippen MR) is 101 cm³/mol. The van der Waals surface area contributed by atoms with E-state index in [9.17, 15) is 9.90 Å². The zero-order valence-corrected chi connectivity index (χ0v) is 14.9. The second kappa shape index (κ2) is 6.13. The molecule has 0 atom stereocenters. The summed E-state index contributed by atoms with van der Waals surface area (Å²) in [6.45, 7) is -0.118. The van der Waals surface area contributed by atoms with Crippen molar-refractivity contribution in [2.24, 2.45) is 7.05 Å². The smallest absolute Gasteiger partial charge is 0.323 e. The van der Waals surface area contributed by atoms with Crippen molar-refractivity contribution in [3.8, 4) is 0 Å². The molecule has 1 aliphatic rings. The fourth-order valence-corrected chi connectivity index (χ4v) is 4.24. The summed E-state index contributed by atoms with van der Waals surface area (Å²) in [6, 6.07) is 9.44. The van der Waals surface area contributed by atoms with Crippen molar-refractivity contribution in [2.75, 3.05) is 11.4 Å². The third kappa shape index (κ3) is 2.88. The number of benzene rings is 1. The number of nitrogens with zero attached hydrogens (tertiary/aromatic N) is 3. The van der Waals surface area contributed by atoms with Gasteiger partial charge in [0, 0.05) is 34.9 Å². The number of aromatic nitrogens is 2. The van der Waals surface area contributed by atoms with Crippen molar-refractivity contribution in [1.82, 2.24) is 9.55 Å². The molecule has 0 fully saturated rings. The molecular weight excluding hydrogens is 358 g/mol. The molecule has 2 aromatic heterocycles. The standard InChI is InChI=1S/C18H14ClN3O2S/c1-21-7-5-13-18(21)11(4-6-20-13)8-16-22(10-17(23)24)14-9-12(19)2-3-15(14)25-16/h2-9H,10H2,1H3,(H,23,24). The minimum Gasteiger partial charge on any atom is -0.480 e. The van der Waals surface area contributed by atoms with E-state index in [4.69, 9.17) is 11.6 Å². The van der Waals surface area contributed by atoms with Crippen LogP contribution >= 0.6 is 23.4 Å². The van der Waals surface area contributed by atoms with Crippen LogP contribution in [0.3, 0.4) is 0 Å². The van der Waals surface area contributed by atoms with Crippen LogP contribution in [0, 0.1) is 0 Å². The molecule has 3 heterocycles. The first-order chi connectivity index (χ1) is 12.0. The van der Waals surface area contributed by atoms with Gasteiger partial charge in [-0.2, -0.15) is 0 Å². The third-order valence-corrected chi connectivity index (χ3v) is 5.40. The Labute approximate surface area is 153 Å². The summed E-state index contributed by atoms with van der Waals surface area (Å²) < 4.78 is 2.01. The van der Waals surface area contributed by atoms with E-state index in [0.717, 1.165) is 32.2 Å². The second-order valence-electron chi connectivity index (χ2n) is 5.74. The Kier molecular flexibility index (Phi) is 3.94. The normalized spacial score (nSPS) is 15.1. The van der Waals surface area contributed by atoms with Gasteiger partial charge in [0.2, 0.25) is 0 Å². The molecule has 0 bridgehead atoms. The van der Waals surface area contributed by atoms with E-state index in [1.807, 2.05) is 48.2 Å². The molecule has 4 rings (SSSR count). The Balaban J connectivity index is 1.84. The van der Waals surface area contributed by atoms with Crippen molar-refractivity contribution >= 4 is 52.1 Å². The van der Waals surface area contributed by atoms with Gasteiger partial charge in [-0.15, -0.1) is 0 Å². The van der Waals surface area contributed by atoms with Crippen molar-refractivity contribution in [3.05, 3.63) is 58.3 Å². The summed E-state index contributed by atoms with van der Waals surface area (Å²) in [4.78, 5) is 18.5. The monoisotopic (exact) mass is 371 g/mol. The highest BCUT2D eigenvalue weighted by Gasteiger charge is 2.27. The lowest BCUT2D eigenvalue weighted by Crippen LogP contribution is -2.25. The molecule has 3 aromatic rings. The average molecular weight is 372 g/mol. The zero-order chi connectivity index (χ0) is 17.6. The van der Waals surface area contributed by atoms with Gasteiger partial charge in [-0.25, -0.2) is 0 Å². The van der Waals surface area contributed by atoms with Crippen LogP contribution in [0.25, 0.3) is 17.1 Å². The second-order valence-corrected chi connectivity index (χ2v) is 7.24. The van der Waals surface area contributed by atoms with E-state index in [1.54, 1.807) is 28.9 Å². The Morgan fingerprint density at radius 3 is 3.00 bits per heavy atom. The molecule has 0 aliphatic carbocycles. The molecule has 0 saturated carbocycles. The lowest BCUT2D eigenvalue weighted by molar-refractivity contribution is -0.135. The molecule has 0 radical (unpaired) electrons. The lowest BCUT2D eigenvalue weighted by Gasteiger charge is -2.18. The third-order valence-electron chi connectivity index (χ3n) is 4.06. The Hall–Kier alpha value is -2.44. The zero-order valence-electron chi connectivity index (χ0n) is 13.3. The number of carboxylic acid groups (broad SMARTS) is 1. The number of fused-ring (bicyclic) bond motifs is 2. The molecule has 126 valence electrons. The van der Waals surface area contributed by atoms with Crippen LogP contribution < -0.4 is 4.90 Å². The number of aryl methyl sites for hydroxylation is 1. The van der Waals surface area contributed by atoms with Crippen LogP contribution in [0.2, 0.25) is 5.02 Å². The van der Waals surface area contributed by atoms with Gasteiger partial charge < -0.3 is 14.6 Å². The summed E-state index contributed by atoms with van der Waals surface area (Å²) in [7, 11) is 1.97. The molecule has 1 aromatic carbocycles. The van der Waals surface area contributed by atoms with Gasteiger partial charge >= 0.3 is 5.97 Å². The van der Waals surface area contributed by atoms with Crippen molar-refractivity contribution < 1.29 is 9.90 Å². The number of hydrogen-bond acceptors (Lipinski definition) is 4. The number of carboxylic acids is 1. The van der Waals surface area contributed by atoms with E-state index in [-0.39, 0.29) is 6.54 Å². The topological polar surface area (TPSA) is 58.4 Å². The largest absolute Gasteiger partial charge is 0.480 e. The maximum absolute atomic E-state index is 11.3. The summed E-state index contributed by atoms with van der Waals surface area (Å²) >= 11 is 7.65. The highest BCUT2D eigenvalue weighted by atomic mass is 35.5. The molecule has 1 N–H and O–H groups in total. The fraction of sp³-hybridized carbons (Fsp3) is 0.111. The lowest BCUT2D eigenvalue weighted by atomic mass is 10.2. The van der Waals surface area contributed by atoms with Gasteiger partial charge in [-0.3, -0.25) is 9.78 Å². The molecule has 0 amide bonds. The molecule has 0 saturated heterocycles. The van der Waals surface area contributed by atoms with Gasteiger partial charge in [0.25, 0.3) is 0 Å². The first kappa shape index (κ1) is 16.1. The van der Waals surface area contributed by atoms with Crippen molar-refractivity contribution in [1.29, 1.82) is 0 Å². The molecule has 25 heavy (non-hydrogen) atoms. The number of carbonyl (C=O) groups is 1.